The van der Waals surface area contributed by atoms with Gasteiger partial charge in [0.05, 0.1) is 13.2 Å². The molecule has 1 aliphatic carbocycles. The fourth-order valence-electron chi connectivity index (χ4n) is 1.86. The van der Waals surface area contributed by atoms with E-state index in [2.05, 4.69) is 4.74 Å². The molecule has 0 spiro atoms. The van der Waals surface area contributed by atoms with E-state index in [-0.39, 0.29) is 12.0 Å². The van der Waals surface area contributed by atoms with Gasteiger partial charge in [-0.2, -0.15) is 0 Å². The number of esters is 1. The summed E-state index contributed by atoms with van der Waals surface area (Å²) in [5.74, 6) is -2.63. The molecule has 1 saturated heterocycles. The Balaban J connectivity index is 2.19. The van der Waals surface area contributed by atoms with Crippen LogP contribution in [0.4, 0.5) is 0 Å². The molecule has 0 aromatic heterocycles. The van der Waals surface area contributed by atoms with Gasteiger partial charge in [-0.05, 0) is 0 Å². The Bertz CT molecular complexity index is 308. The van der Waals surface area contributed by atoms with Crippen LogP contribution in [0.2, 0.25) is 0 Å². The number of carbonyl (C=O) groups is 2. The van der Waals surface area contributed by atoms with E-state index in [4.69, 9.17) is 9.84 Å². The number of carboxylic acids is 1. The molecule has 3 unspecified atom stereocenters. The minimum atomic E-state index is -1.02. The summed E-state index contributed by atoms with van der Waals surface area (Å²) < 4.78 is 9.73. The third kappa shape index (κ3) is 1.13. The van der Waals surface area contributed by atoms with Gasteiger partial charge >= 0.3 is 11.9 Å². The van der Waals surface area contributed by atoms with Crippen LogP contribution in [0.15, 0.2) is 12.2 Å². The Labute approximate surface area is 80.3 Å². The molecule has 0 aromatic carbocycles. The molecule has 5 nitrogen and oxygen atoms in total. The zero-order valence-electron chi connectivity index (χ0n) is 7.54. The quantitative estimate of drug-likeness (QED) is 0.492. The Morgan fingerprint density at radius 1 is 1.43 bits per heavy atom. The maximum absolute atomic E-state index is 11.2. The average Bonchev–Trinajstić information content (AvgIpc) is 2.37. The lowest BCUT2D eigenvalue weighted by Crippen LogP contribution is -2.35. The summed E-state index contributed by atoms with van der Waals surface area (Å²) in [5, 5.41) is 8.93. The van der Waals surface area contributed by atoms with Crippen LogP contribution in [0.5, 0.6) is 0 Å². The van der Waals surface area contributed by atoms with E-state index in [1.807, 2.05) is 0 Å². The lowest BCUT2D eigenvalue weighted by atomic mass is 9.81. The van der Waals surface area contributed by atoms with Crippen LogP contribution in [0.25, 0.3) is 0 Å². The van der Waals surface area contributed by atoms with Gasteiger partial charge in [0, 0.05) is 5.92 Å². The average molecular weight is 198 g/mol. The third-order valence-electron chi connectivity index (χ3n) is 2.67. The largest absolute Gasteiger partial charge is 0.481 e. The Kier molecular flexibility index (Phi) is 2.03. The second-order valence-corrected chi connectivity index (χ2v) is 3.37. The van der Waals surface area contributed by atoms with Crippen molar-refractivity contribution in [2.24, 2.45) is 11.8 Å². The minimum Gasteiger partial charge on any atom is -0.481 e. The number of aliphatic carboxylic acids is 1. The smallest absolute Gasteiger partial charge is 0.335 e. The zero-order chi connectivity index (χ0) is 10.3. The number of carboxylic acid groups (broad SMARTS) is 1. The van der Waals surface area contributed by atoms with Crippen molar-refractivity contribution in [3.8, 4) is 0 Å². The number of fused-ring (bicyclic) bond motifs is 1. The summed E-state index contributed by atoms with van der Waals surface area (Å²) in [6.07, 6.45) is 2.30. The molecular weight excluding hydrogens is 188 g/mol. The first-order chi connectivity index (χ1) is 6.65. The first kappa shape index (κ1) is 9.21. The third-order valence-corrected chi connectivity index (χ3v) is 2.67. The lowest BCUT2D eigenvalue weighted by Gasteiger charge is -2.21. The molecule has 0 aromatic rings. The predicted molar refractivity (Wildman–Crippen MR) is 44.4 cm³/mol. The summed E-state index contributed by atoms with van der Waals surface area (Å²) >= 11 is 0. The summed E-state index contributed by atoms with van der Waals surface area (Å²) in [4.78, 5) is 22.1. The van der Waals surface area contributed by atoms with Gasteiger partial charge < -0.3 is 14.6 Å². The van der Waals surface area contributed by atoms with Gasteiger partial charge in [-0.25, -0.2) is 4.79 Å². The number of rotatable bonds is 2. The van der Waals surface area contributed by atoms with Crippen molar-refractivity contribution in [2.45, 2.75) is 12.2 Å². The van der Waals surface area contributed by atoms with Crippen molar-refractivity contribution >= 4 is 11.9 Å². The van der Waals surface area contributed by atoms with Crippen LogP contribution in [-0.2, 0) is 19.1 Å². The van der Waals surface area contributed by atoms with Gasteiger partial charge in [0.2, 0.25) is 0 Å². The van der Waals surface area contributed by atoms with Gasteiger partial charge in [-0.15, -0.1) is 0 Å². The van der Waals surface area contributed by atoms with Gasteiger partial charge in [0.25, 0.3) is 0 Å². The van der Waals surface area contributed by atoms with Gasteiger partial charge in [-0.1, -0.05) is 12.2 Å². The van der Waals surface area contributed by atoms with Crippen LogP contribution in [-0.4, -0.2) is 36.4 Å². The van der Waals surface area contributed by atoms with Crippen LogP contribution in [0.1, 0.15) is 0 Å². The highest BCUT2D eigenvalue weighted by Crippen LogP contribution is 2.40. The van der Waals surface area contributed by atoms with Crippen LogP contribution in [0.3, 0.4) is 0 Å². The van der Waals surface area contributed by atoms with E-state index < -0.39 is 24.0 Å². The Hall–Kier alpha value is -1.36. The Morgan fingerprint density at radius 3 is 2.57 bits per heavy atom. The number of hydrogen-bond acceptors (Lipinski definition) is 4. The summed E-state index contributed by atoms with van der Waals surface area (Å²) in [5.41, 5.74) is 0. The molecule has 1 fully saturated rings. The first-order valence-electron chi connectivity index (χ1n) is 4.29. The molecule has 0 amide bonds. The van der Waals surface area contributed by atoms with Crippen molar-refractivity contribution in [3.63, 3.8) is 0 Å². The molecule has 2 rings (SSSR count). The van der Waals surface area contributed by atoms with E-state index >= 15 is 0 Å². The second-order valence-electron chi connectivity index (χ2n) is 3.37. The molecule has 1 heterocycles. The van der Waals surface area contributed by atoms with E-state index in [0.29, 0.717) is 0 Å². The van der Waals surface area contributed by atoms with Crippen molar-refractivity contribution in [2.75, 3.05) is 7.11 Å². The number of carbonyl (C=O) groups excluding carboxylic acids is 1. The SMILES string of the molecule is COC(=O)C1OC2C=C[C@@H]2C1C(=O)O. The van der Waals surface area contributed by atoms with E-state index in [1.54, 1.807) is 12.2 Å². The van der Waals surface area contributed by atoms with E-state index in [0.717, 1.165) is 0 Å². The number of hydrogen-bond donors (Lipinski definition) is 1. The molecule has 2 aliphatic rings. The predicted octanol–water partition coefficient (Wildman–Crippen LogP) is -0.186. The summed E-state index contributed by atoms with van der Waals surface area (Å²) in [6, 6.07) is 0. The normalized spacial score (nSPS) is 38.6. The highest BCUT2D eigenvalue weighted by atomic mass is 16.6. The van der Waals surface area contributed by atoms with Crippen molar-refractivity contribution < 1.29 is 24.2 Å². The van der Waals surface area contributed by atoms with Gasteiger partial charge in [0.1, 0.15) is 5.92 Å². The topological polar surface area (TPSA) is 72.8 Å². The van der Waals surface area contributed by atoms with E-state index in [1.165, 1.54) is 7.11 Å². The van der Waals surface area contributed by atoms with Crippen LogP contribution >= 0.6 is 0 Å². The zero-order valence-corrected chi connectivity index (χ0v) is 7.54. The molecule has 5 heteroatoms. The van der Waals surface area contributed by atoms with Gasteiger partial charge in [-0.3, -0.25) is 4.79 Å². The van der Waals surface area contributed by atoms with Gasteiger partial charge in [0.15, 0.2) is 6.10 Å². The molecule has 76 valence electrons. The summed E-state index contributed by atoms with van der Waals surface area (Å²) in [6.45, 7) is 0. The van der Waals surface area contributed by atoms with Crippen LogP contribution in [0, 0.1) is 11.8 Å². The lowest BCUT2D eigenvalue weighted by molar-refractivity contribution is -0.160. The van der Waals surface area contributed by atoms with Crippen molar-refractivity contribution in [3.05, 3.63) is 12.2 Å². The first-order valence-corrected chi connectivity index (χ1v) is 4.29. The molecule has 0 saturated carbocycles. The highest BCUT2D eigenvalue weighted by Gasteiger charge is 2.53. The molecule has 0 bridgehead atoms. The fraction of sp³-hybridized carbons (Fsp3) is 0.556. The van der Waals surface area contributed by atoms with Crippen LogP contribution < -0.4 is 0 Å². The van der Waals surface area contributed by atoms with Crippen molar-refractivity contribution in [1.82, 2.24) is 0 Å². The minimum absolute atomic E-state index is 0.184. The maximum Gasteiger partial charge on any atom is 0.335 e. The molecule has 1 aliphatic heterocycles. The molecule has 0 radical (unpaired) electrons. The molecule has 1 N–H and O–H groups in total. The molecular formula is C9H10O5. The monoisotopic (exact) mass is 198 g/mol. The maximum atomic E-state index is 11.2. The molecule has 4 atom stereocenters. The van der Waals surface area contributed by atoms with Crippen molar-refractivity contribution in [1.29, 1.82) is 0 Å². The Morgan fingerprint density at radius 2 is 2.14 bits per heavy atom. The number of methoxy groups -OCH3 is 1. The summed E-state index contributed by atoms with van der Waals surface area (Å²) in [7, 11) is 1.22. The molecule has 14 heavy (non-hydrogen) atoms. The second kappa shape index (κ2) is 3.09. The highest BCUT2D eigenvalue weighted by molar-refractivity contribution is 5.84. The van der Waals surface area contributed by atoms with E-state index in [9.17, 15) is 9.59 Å². The standard InChI is InChI=1S/C9H10O5/c1-13-9(12)7-6(8(10)11)4-2-3-5(4)14-7/h2-7H,1H3,(H,10,11)/t4-,5?,6?,7?/m0/s1. The fourth-order valence-corrected chi connectivity index (χ4v) is 1.86. The number of ether oxygens (including phenoxy) is 2.